The lowest BCUT2D eigenvalue weighted by atomic mass is 9.94. The van der Waals surface area contributed by atoms with Crippen molar-refractivity contribution in [2.45, 2.75) is 25.3 Å². The molecule has 1 aromatic heterocycles. The third kappa shape index (κ3) is 3.50. The van der Waals surface area contributed by atoms with E-state index >= 15 is 0 Å². The van der Waals surface area contributed by atoms with Crippen LogP contribution in [0.4, 0.5) is 0 Å². The van der Waals surface area contributed by atoms with Crippen LogP contribution in [0, 0.1) is 0 Å². The van der Waals surface area contributed by atoms with E-state index < -0.39 is 0 Å². The molecule has 19 heavy (non-hydrogen) atoms. The summed E-state index contributed by atoms with van der Waals surface area (Å²) >= 11 is 7.89. The number of rotatable bonds is 4. The summed E-state index contributed by atoms with van der Waals surface area (Å²) in [7, 11) is 0. The zero-order valence-corrected chi connectivity index (χ0v) is 12.7. The van der Waals surface area contributed by atoms with Crippen LogP contribution in [-0.4, -0.2) is 44.3 Å². The van der Waals surface area contributed by atoms with E-state index in [2.05, 4.69) is 16.3 Å². The van der Waals surface area contributed by atoms with Crippen LogP contribution < -0.4 is 5.32 Å². The van der Waals surface area contributed by atoms with Gasteiger partial charge >= 0.3 is 0 Å². The van der Waals surface area contributed by atoms with Gasteiger partial charge in [0.1, 0.15) is 0 Å². The SMILES string of the molecule is Clc1cc2c(s1)CCCC2NCCN1CCOCC1. The summed E-state index contributed by atoms with van der Waals surface area (Å²) in [6.45, 7) is 6.08. The molecule has 106 valence electrons. The zero-order chi connectivity index (χ0) is 13.1. The average molecular weight is 301 g/mol. The van der Waals surface area contributed by atoms with E-state index in [1.807, 2.05) is 0 Å². The maximum atomic E-state index is 6.14. The van der Waals surface area contributed by atoms with E-state index in [9.17, 15) is 0 Å². The van der Waals surface area contributed by atoms with Gasteiger partial charge in [-0.1, -0.05) is 11.6 Å². The van der Waals surface area contributed by atoms with Gasteiger partial charge in [-0.2, -0.15) is 0 Å². The highest BCUT2D eigenvalue weighted by molar-refractivity contribution is 7.16. The van der Waals surface area contributed by atoms with E-state index in [0.717, 1.165) is 43.7 Å². The van der Waals surface area contributed by atoms with E-state index in [1.54, 1.807) is 11.3 Å². The largest absolute Gasteiger partial charge is 0.379 e. The average Bonchev–Trinajstić information content (AvgIpc) is 2.81. The molecule has 1 fully saturated rings. The van der Waals surface area contributed by atoms with E-state index in [-0.39, 0.29) is 0 Å². The molecule has 1 aliphatic carbocycles. The highest BCUT2D eigenvalue weighted by atomic mass is 35.5. The monoisotopic (exact) mass is 300 g/mol. The predicted molar refractivity (Wildman–Crippen MR) is 80.3 cm³/mol. The highest BCUT2D eigenvalue weighted by Gasteiger charge is 2.22. The molecule has 5 heteroatoms. The van der Waals surface area contributed by atoms with Gasteiger partial charge in [0.25, 0.3) is 0 Å². The molecule has 0 saturated carbocycles. The third-order valence-corrected chi connectivity index (χ3v) is 5.35. The van der Waals surface area contributed by atoms with Crippen molar-refractivity contribution in [3.63, 3.8) is 0 Å². The van der Waals surface area contributed by atoms with Crippen LogP contribution in [0.5, 0.6) is 0 Å². The number of nitrogens with one attached hydrogen (secondary N) is 1. The van der Waals surface area contributed by atoms with Crippen molar-refractivity contribution < 1.29 is 4.74 Å². The first-order valence-corrected chi connectivity index (χ1v) is 8.34. The normalized spacial score (nSPS) is 24.4. The van der Waals surface area contributed by atoms with Gasteiger partial charge in [-0.25, -0.2) is 0 Å². The van der Waals surface area contributed by atoms with Gasteiger partial charge in [0.05, 0.1) is 17.6 Å². The minimum Gasteiger partial charge on any atom is -0.379 e. The maximum Gasteiger partial charge on any atom is 0.0934 e. The Bertz CT molecular complexity index is 418. The molecule has 0 amide bonds. The highest BCUT2D eigenvalue weighted by Crippen LogP contribution is 2.37. The molecule has 1 unspecified atom stereocenters. The van der Waals surface area contributed by atoms with Crippen molar-refractivity contribution >= 4 is 22.9 Å². The van der Waals surface area contributed by atoms with Crippen LogP contribution in [-0.2, 0) is 11.2 Å². The number of halogens is 1. The Kier molecular flexibility index (Phi) is 4.77. The molecule has 1 atom stereocenters. The minimum atomic E-state index is 0.508. The first-order chi connectivity index (χ1) is 9.33. The quantitative estimate of drug-likeness (QED) is 0.925. The Hall–Kier alpha value is -0.130. The summed E-state index contributed by atoms with van der Waals surface area (Å²) < 4.78 is 6.31. The summed E-state index contributed by atoms with van der Waals surface area (Å²) in [4.78, 5) is 3.96. The molecule has 3 nitrogen and oxygen atoms in total. The molecular weight excluding hydrogens is 280 g/mol. The standard InChI is InChI=1S/C14H21ClN2OS/c15-14-10-11-12(2-1-3-13(11)19-14)16-4-5-17-6-8-18-9-7-17/h10,12,16H,1-9H2. The van der Waals surface area contributed by atoms with Crippen LogP contribution in [0.15, 0.2) is 6.07 Å². The molecule has 1 N–H and O–H groups in total. The van der Waals surface area contributed by atoms with Gasteiger partial charge in [-0.05, 0) is 30.9 Å². The summed E-state index contributed by atoms with van der Waals surface area (Å²) in [5.74, 6) is 0. The van der Waals surface area contributed by atoms with Gasteiger partial charge in [0.15, 0.2) is 0 Å². The molecule has 2 heterocycles. The number of thiophene rings is 1. The van der Waals surface area contributed by atoms with E-state index in [1.165, 1.54) is 29.7 Å². The second-order valence-corrected chi connectivity index (χ2v) is 7.05. The van der Waals surface area contributed by atoms with Crippen LogP contribution >= 0.6 is 22.9 Å². The molecule has 0 aromatic carbocycles. The maximum absolute atomic E-state index is 6.14. The molecule has 0 bridgehead atoms. The summed E-state index contributed by atoms with van der Waals surface area (Å²) in [6, 6.07) is 2.67. The fourth-order valence-electron chi connectivity index (χ4n) is 2.96. The Balaban J connectivity index is 1.50. The summed E-state index contributed by atoms with van der Waals surface area (Å²) in [5.41, 5.74) is 1.45. The summed E-state index contributed by atoms with van der Waals surface area (Å²) in [5, 5.41) is 3.70. The molecule has 1 aromatic rings. The van der Waals surface area contributed by atoms with Crippen LogP contribution in [0.2, 0.25) is 4.34 Å². The number of hydrogen-bond acceptors (Lipinski definition) is 4. The number of fused-ring (bicyclic) bond motifs is 1. The second kappa shape index (κ2) is 6.55. The minimum absolute atomic E-state index is 0.508. The van der Waals surface area contributed by atoms with Crippen LogP contribution in [0.3, 0.4) is 0 Å². The molecule has 1 aliphatic heterocycles. The first-order valence-electron chi connectivity index (χ1n) is 7.14. The summed E-state index contributed by atoms with van der Waals surface area (Å²) in [6.07, 6.45) is 3.72. The van der Waals surface area contributed by atoms with Gasteiger partial charge in [-0.15, -0.1) is 11.3 Å². The first kappa shape index (κ1) is 13.8. The number of morpholine rings is 1. The molecule has 3 rings (SSSR count). The number of hydrogen-bond donors (Lipinski definition) is 1. The Morgan fingerprint density at radius 1 is 1.42 bits per heavy atom. The Morgan fingerprint density at radius 2 is 2.26 bits per heavy atom. The lowest BCUT2D eigenvalue weighted by Crippen LogP contribution is -2.41. The lowest BCUT2D eigenvalue weighted by Gasteiger charge is -2.28. The van der Waals surface area contributed by atoms with Crippen molar-refractivity contribution in [2.75, 3.05) is 39.4 Å². The van der Waals surface area contributed by atoms with Gasteiger partial charge < -0.3 is 10.1 Å². The molecule has 0 radical (unpaired) electrons. The molecular formula is C14H21ClN2OS. The van der Waals surface area contributed by atoms with Crippen molar-refractivity contribution in [1.82, 2.24) is 10.2 Å². The fraction of sp³-hybridized carbons (Fsp3) is 0.714. The topological polar surface area (TPSA) is 24.5 Å². The van der Waals surface area contributed by atoms with Crippen molar-refractivity contribution in [3.8, 4) is 0 Å². The lowest BCUT2D eigenvalue weighted by molar-refractivity contribution is 0.0380. The predicted octanol–water partition coefficient (Wildman–Crippen LogP) is 2.70. The third-order valence-electron chi connectivity index (χ3n) is 4.01. The second-order valence-electron chi connectivity index (χ2n) is 5.28. The Morgan fingerprint density at radius 3 is 3.11 bits per heavy atom. The van der Waals surface area contributed by atoms with Gasteiger partial charge in [0, 0.05) is 37.1 Å². The Labute approximate surface area is 123 Å². The fourth-order valence-corrected chi connectivity index (χ4v) is 4.34. The number of aryl methyl sites for hydroxylation is 1. The van der Waals surface area contributed by atoms with Crippen molar-refractivity contribution in [1.29, 1.82) is 0 Å². The smallest absolute Gasteiger partial charge is 0.0934 e. The molecule has 2 aliphatic rings. The number of nitrogens with zero attached hydrogens (tertiary/aromatic N) is 1. The van der Waals surface area contributed by atoms with E-state index in [4.69, 9.17) is 16.3 Å². The van der Waals surface area contributed by atoms with E-state index in [0.29, 0.717) is 6.04 Å². The zero-order valence-electron chi connectivity index (χ0n) is 11.2. The van der Waals surface area contributed by atoms with Crippen molar-refractivity contribution in [3.05, 3.63) is 20.8 Å². The van der Waals surface area contributed by atoms with Gasteiger partial charge in [-0.3, -0.25) is 4.90 Å². The molecule has 1 saturated heterocycles. The van der Waals surface area contributed by atoms with Gasteiger partial charge in [0.2, 0.25) is 0 Å². The van der Waals surface area contributed by atoms with Crippen LogP contribution in [0.25, 0.3) is 0 Å². The van der Waals surface area contributed by atoms with Crippen LogP contribution in [0.1, 0.15) is 29.3 Å². The van der Waals surface area contributed by atoms with Crippen molar-refractivity contribution in [2.24, 2.45) is 0 Å². The molecule has 0 spiro atoms. The number of ether oxygens (including phenoxy) is 1.